The molecule has 0 fully saturated rings. The van der Waals surface area contributed by atoms with Crippen LogP contribution in [0.2, 0.25) is 0 Å². The van der Waals surface area contributed by atoms with Gasteiger partial charge in [-0.15, -0.1) is 0 Å². The summed E-state index contributed by atoms with van der Waals surface area (Å²) in [5.74, 6) is -6.09. The van der Waals surface area contributed by atoms with Gasteiger partial charge >= 0.3 is 11.9 Å². The van der Waals surface area contributed by atoms with Crippen LogP contribution < -0.4 is 17.2 Å². The maximum Gasteiger partial charge on any atom is 0.321 e. The van der Waals surface area contributed by atoms with Crippen LogP contribution in [0.25, 0.3) is 0 Å². The second-order valence-corrected chi connectivity index (χ2v) is 3.75. The van der Waals surface area contributed by atoms with Gasteiger partial charge in [-0.25, -0.2) is 0 Å². The lowest BCUT2D eigenvalue weighted by Crippen LogP contribution is -2.49. The zero-order valence-corrected chi connectivity index (χ0v) is 9.41. The molecule has 0 aromatic carbocycles. The molecule has 0 aliphatic rings. The molecule has 0 saturated carbocycles. The highest BCUT2D eigenvalue weighted by Crippen LogP contribution is 2.12. The maximum absolute atomic E-state index is 11.7. The molecule has 0 aromatic rings. The number of Topliss-reactive ketones (excluding diaryl/α,β-unsaturated/α-hetero) is 1. The van der Waals surface area contributed by atoms with Gasteiger partial charge in [-0.2, -0.15) is 0 Å². The Hall–Kier alpha value is -2.00. The number of carbonyl (C=O) groups excluding carboxylic acids is 2. The molecule has 0 aromatic heterocycles. The van der Waals surface area contributed by atoms with E-state index in [2.05, 4.69) is 0 Å². The van der Waals surface area contributed by atoms with Crippen molar-refractivity contribution in [2.45, 2.75) is 24.9 Å². The fourth-order valence-corrected chi connectivity index (χ4v) is 1.36. The standard InChI is InChI=1S/C9H15N3O6/c10-4(2-6(14)15)8(16)3(1-5(11)13)7(12)9(17)18/h3-4,7H,1-2,10,12H2,(H2,11,13)(H,14,15)(H,17,18)/t3?,4-,7-/m0/s1. The number of hydrogen-bond donors (Lipinski definition) is 5. The first-order valence-electron chi connectivity index (χ1n) is 4.94. The van der Waals surface area contributed by atoms with E-state index < -0.39 is 54.5 Å². The average Bonchev–Trinajstić information content (AvgIpc) is 2.22. The molecule has 1 unspecified atom stereocenters. The van der Waals surface area contributed by atoms with Crippen molar-refractivity contribution in [1.29, 1.82) is 0 Å². The van der Waals surface area contributed by atoms with Crippen molar-refractivity contribution in [3.8, 4) is 0 Å². The van der Waals surface area contributed by atoms with Crippen LogP contribution in [0, 0.1) is 5.92 Å². The highest BCUT2D eigenvalue weighted by Gasteiger charge is 2.35. The number of aliphatic carboxylic acids is 2. The van der Waals surface area contributed by atoms with E-state index in [0.29, 0.717) is 0 Å². The molecule has 1 amide bonds. The second-order valence-electron chi connectivity index (χ2n) is 3.75. The largest absolute Gasteiger partial charge is 0.481 e. The molecule has 0 rings (SSSR count). The SMILES string of the molecule is NC(=O)CC(C(=O)[C@@H](N)CC(=O)O)[C@H](N)C(=O)O. The van der Waals surface area contributed by atoms with Gasteiger partial charge in [0.1, 0.15) is 6.04 Å². The molecule has 9 nitrogen and oxygen atoms in total. The van der Waals surface area contributed by atoms with Crippen molar-refractivity contribution in [3.05, 3.63) is 0 Å². The number of amides is 1. The molecule has 0 bridgehead atoms. The Bertz CT molecular complexity index is 369. The van der Waals surface area contributed by atoms with Crippen molar-refractivity contribution in [1.82, 2.24) is 0 Å². The van der Waals surface area contributed by atoms with Gasteiger partial charge in [-0.1, -0.05) is 0 Å². The number of carboxylic acids is 2. The molecule has 0 aliphatic heterocycles. The Balaban J connectivity index is 4.95. The molecule has 102 valence electrons. The number of carbonyl (C=O) groups is 4. The smallest absolute Gasteiger partial charge is 0.321 e. The van der Waals surface area contributed by atoms with Crippen LogP contribution in [0.5, 0.6) is 0 Å². The van der Waals surface area contributed by atoms with E-state index in [-0.39, 0.29) is 0 Å². The lowest BCUT2D eigenvalue weighted by atomic mass is 9.87. The van der Waals surface area contributed by atoms with E-state index in [0.717, 1.165) is 0 Å². The third-order valence-corrected chi connectivity index (χ3v) is 2.27. The Morgan fingerprint density at radius 2 is 1.50 bits per heavy atom. The van der Waals surface area contributed by atoms with E-state index in [9.17, 15) is 19.2 Å². The quantitative estimate of drug-likeness (QED) is 0.311. The molecule has 0 heterocycles. The summed E-state index contributed by atoms with van der Waals surface area (Å²) in [7, 11) is 0. The van der Waals surface area contributed by atoms with Crippen LogP contribution in [0.15, 0.2) is 0 Å². The summed E-state index contributed by atoms with van der Waals surface area (Å²) in [5.41, 5.74) is 15.4. The number of hydrogen-bond acceptors (Lipinski definition) is 6. The first kappa shape index (κ1) is 16.0. The molecule has 9 heteroatoms. The molecular weight excluding hydrogens is 246 g/mol. The number of ketones is 1. The molecule has 0 spiro atoms. The third-order valence-electron chi connectivity index (χ3n) is 2.27. The van der Waals surface area contributed by atoms with E-state index in [4.69, 9.17) is 27.4 Å². The minimum atomic E-state index is -1.66. The molecule has 18 heavy (non-hydrogen) atoms. The van der Waals surface area contributed by atoms with Crippen LogP contribution >= 0.6 is 0 Å². The summed E-state index contributed by atoms with van der Waals surface area (Å²) in [5, 5.41) is 17.2. The normalized spacial score (nSPS) is 15.4. The monoisotopic (exact) mass is 261 g/mol. The van der Waals surface area contributed by atoms with Crippen molar-refractivity contribution in [3.63, 3.8) is 0 Å². The zero-order valence-electron chi connectivity index (χ0n) is 9.41. The molecule has 8 N–H and O–H groups in total. The lowest BCUT2D eigenvalue weighted by molar-refractivity contribution is -0.144. The van der Waals surface area contributed by atoms with Crippen LogP contribution in [-0.4, -0.2) is 45.9 Å². The van der Waals surface area contributed by atoms with Gasteiger partial charge < -0.3 is 27.4 Å². The van der Waals surface area contributed by atoms with Gasteiger partial charge in [0.25, 0.3) is 0 Å². The van der Waals surface area contributed by atoms with E-state index in [1.54, 1.807) is 0 Å². The highest BCUT2D eigenvalue weighted by molar-refractivity contribution is 5.96. The first-order chi connectivity index (χ1) is 8.16. The molecular formula is C9H15N3O6. The van der Waals surface area contributed by atoms with Crippen LogP contribution in [0.1, 0.15) is 12.8 Å². The Morgan fingerprint density at radius 1 is 1.00 bits per heavy atom. The first-order valence-corrected chi connectivity index (χ1v) is 4.94. The van der Waals surface area contributed by atoms with E-state index in [1.165, 1.54) is 0 Å². The lowest BCUT2D eigenvalue weighted by Gasteiger charge is -2.20. The van der Waals surface area contributed by atoms with Gasteiger partial charge in [-0.05, 0) is 0 Å². The Morgan fingerprint density at radius 3 is 1.83 bits per heavy atom. The Kier molecular flexibility index (Phi) is 5.93. The van der Waals surface area contributed by atoms with Gasteiger partial charge in [0.15, 0.2) is 5.78 Å². The molecule has 0 saturated heterocycles. The molecule has 0 aliphatic carbocycles. The number of nitrogens with two attached hydrogens (primary N) is 3. The van der Waals surface area contributed by atoms with Gasteiger partial charge in [0, 0.05) is 6.42 Å². The van der Waals surface area contributed by atoms with E-state index in [1.807, 2.05) is 0 Å². The highest BCUT2D eigenvalue weighted by atomic mass is 16.4. The minimum Gasteiger partial charge on any atom is -0.481 e. The van der Waals surface area contributed by atoms with E-state index >= 15 is 0 Å². The summed E-state index contributed by atoms with van der Waals surface area (Å²) in [4.78, 5) is 43.5. The number of primary amides is 1. The molecule has 3 atom stereocenters. The van der Waals surface area contributed by atoms with Crippen molar-refractivity contribution >= 4 is 23.6 Å². The van der Waals surface area contributed by atoms with Gasteiger partial charge in [0.05, 0.1) is 18.4 Å². The second kappa shape index (κ2) is 6.67. The van der Waals surface area contributed by atoms with Crippen LogP contribution in [0.4, 0.5) is 0 Å². The summed E-state index contributed by atoms with van der Waals surface area (Å²) in [6.07, 6.45) is -1.28. The van der Waals surface area contributed by atoms with Crippen molar-refractivity contribution in [2.24, 2.45) is 23.1 Å². The predicted octanol–water partition coefficient (Wildman–Crippen LogP) is -2.74. The van der Waals surface area contributed by atoms with Crippen LogP contribution in [0.3, 0.4) is 0 Å². The molecule has 0 radical (unpaired) electrons. The third kappa shape index (κ3) is 4.89. The summed E-state index contributed by atoms with van der Waals surface area (Å²) >= 11 is 0. The van der Waals surface area contributed by atoms with Gasteiger partial charge in [-0.3, -0.25) is 19.2 Å². The summed E-state index contributed by atoms with van der Waals surface area (Å²) < 4.78 is 0. The summed E-state index contributed by atoms with van der Waals surface area (Å²) in [6.45, 7) is 0. The fraction of sp³-hybridized carbons (Fsp3) is 0.556. The Labute approximate surface area is 102 Å². The van der Waals surface area contributed by atoms with Crippen molar-refractivity contribution < 1.29 is 29.4 Å². The average molecular weight is 261 g/mol. The summed E-state index contributed by atoms with van der Waals surface area (Å²) in [6, 6.07) is -3.10. The topological polar surface area (TPSA) is 187 Å². The van der Waals surface area contributed by atoms with Crippen LogP contribution in [-0.2, 0) is 19.2 Å². The fourth-order valence-electron chi connectivity index (χ4n) is 1.36. The minimum absolute atomic E-state index is 0.598. The number of carboxylic acid groups (broad SMARTS) is 2. The zero-order chi connectivity index (χ0) is 14.5. The van der Waals surface area contributed by atoms with Crippen molar-refractivity contribution in [2.75, 3.05) is 0 Å². The van der Waals surface area contributed by atoms with Gasteiger partial charge in [0.2, 0.25) is 5.91 Å². The maximum atomic E-state index is 11.7. The predicted molar refractivity (Wildman–Crippen MR) is 58.1 cm³/mol. The number of rotatable bonds is 8.